The third kappa shape index (κ3) is 3.52. The summed E-state index contributed by atoms with van der Waals surface area (Å²) in [6.07, 6.45) is 8.24. The Morgan fingerprint density at radius 1 is 1.31 bits per heavy atom. The molecule has 2 amide bonds. The molecule has 0 aromatic heterocycles. The van der Waals surface area contributed by atoms with Gasteiger partial charge in [-0.05, 0) is 49.8 Å². The largest absolute Gasteiger partial charge is 0.509 e. The van der Waals surface area contributed by atoms with Crippen LogP contribution < -0.4 is 10.6 Å². The number of aliphatic hydroxyl groups is 1. The van der Waals surface area contributed by atoms with Gasteiger partial charge in [-0.1, -0.05) is 37.5 Å². The smallest absolute Gasteiger partial charge is 0.264 e. The minimum absolute atomic E-state index is 0.231. The first kappa shape index (κ1) is 18.2. The number of amides is 2. The van der Waals surface area contributed by atoms with Crippen LogP contribution in [0.5, 0.6) is 0 Å². The molecule has 0 spiro atoms. The molecule has 5 heteroatoms. The predicted octanol–water partition coefficient (Wildman–Crippen LogP) is 3.95. The highest BCUT2D eigenvalue weighted by Gasteiger charge is 2.43. The van der Waals surface area contributed by atoms with Gasteiger partial charge in [-0.3, -0.25) is 9.59 Å². The number of carbonyl (C=O) groups is 2. The zero-order chi connectivity index (χ0) is 18.7. The van der Waals surface area contributed by atoms with E-state index in [4.69, 9.17) is 0 Å². The van der Waals surface area contributed by atoms with Crippen molar-refractivity contribution < 1.29 is 14.7 Å². The van der Waals surface area contributed by atoms with Gasteiger partial charge in [-0.2, -0.15) is 0 Å². The number of anilines is 1. The van der Waals surface area contributed by atoms with Crippen molar-refractivity contribution in [3.8, 4) is 0 Å². The van der Waals surface area contributed by atoms with Crippen LogP contribution in [0.3, 0.4) is 0 Å². The molecule has 0 radical (unpaired) electrons. The molecule has 2 aliphatic rings. The van der Waals surface area contributed by atoms with Crippen molar-refractivity contribution in [2.24, 2.45) is 0 Å². The molecular formula is C21H26N2O3. The van der Waals surface area contributed by atoms with Gasteiger partial charge in [0, 0.05) is 5.69 Å². The summed E-state index contributed by atoms with van der Waals surface area (Å²) in [4.78, 5) is 24.6. The topological polar surface area (TPSA) is 78.4 Å². The van der Waals surface area contributed by atoms with Gasteiger partial charge < -0.3 is 15.7 Å². The summed E-state index contributed by atoms with van der Waals surface area (Å²) in [5.74, 6) is -0.805. The first-order chi connectivity index (χ1) is 12.4. The lowest BCUT2D eigenvalue weighted by Crippen LogP contribution is -2.41. The van der Waals surface area contributed by atoms with Crippen LogP contribution in [-0.2, 0) is 9.59 Å². The van der Waals surface area contributed by atoms with Gasteiger partial charge in [-0.25, -0.2) is 0 Å². The molecule has 26 heavy (non-hydrogen) atoms. The molecular weight excluding hydrogens is 328 g/mol. The van der Waals surface area contributed by atoms with Crippen LogP contribution in [0.4, 0.5) is 5.69 Å². The molecule has 138 valence electrons. The van der Waals surface area contributed by atoms with Crippen LogP contribution in [0.25, 0.3) is 0 Å². The van der Waals surface area contributed by atoms with Crippen LogP contribution in [-0.4, -0.2) is 22.5 Å². The summed E-state index contributed by atoms with van der Waals surface area (Å²) in [6.45, 7) is 5.30. The van der Waals surface area contributed by atoms with Crippen LogP contribution in [0.1, 0.15) is 56.9 Å². The second-order valence-corrected chi connectivity index (χ2v) is 7.41. The van der Waals surface area contributed by atoms with E-state index in [0.717, 1.165) is 0 Å². The molecule has 0 unspecified atom stereocenters. The number of benzene rings is 1. The number of hydrogen-bond donors (Lipinski definition) is 3. The molecule has 3 rings (SSSR count). The Balaban J connectivity index is 1.72. The van der Waals surface area contributed by atoms with Gasteiger partial charge >= 0.3 is 0 Å². The summed E-state index contributed by atoms with van der Waals surface area (Å²) >= 11 is 0. The third-order valence-electron chi connectivity index (χ3n) is 5.40. The summed E-state index contributed by atoms with van der Waals surface area (Å²) in [6, 6.07) is 7.79. The Kier molecular flexibility index (Phi) is 5.16. The van der Waals surface area contributed by atoms with Gasteiger partial charge in [-0.15, -0.1) is 6.58 Å². The Labute approximate surface area is 154 Å². The monoisotopic (exact) mass is 354 g/mol. The van der Waals surface area contributed by atoms with E-state index in [2.05, 4.69) is 17.2 Å². The van der Waals surface area contributed by atoms with E-state index >= 15 is 0 Å². The highest BCUT2D eigenvalue weighted by atomic mass is 16.3. The van der Waals surface area contributed by atoms with Crippen molar-refractivity contribution >= 4 is 17.5 Å². The average Bonchev–Trinajstić information content (AvgIpc) is 2.85. The molecule has 1 fully saturated rings. The Bertz CT molecular complexity index is 745. The molecule has 1 atom stereocenters. The van der Waals surface area contributed by atoms with Gasteiger partial charge in [0.05, 0.1) is 5.54 Å². The maximum absolute atomic E-state index is 12.5. The number of rotatable bonds is 5. The fraction of sp³-hybridized carbons (Fsp3) is 0.429. The Morgan fingerprint density at radius 2 is 1.96 bits per heavy atom. The molecule has 1 saturated carbocycles. The Morgan fingerprint density at radius 3 is 2.58 bits per heavy atom. The zero-order valence-corrected chi connectivity index (χ0v) is 15.2. The van der Waals surface area contributed by atoms with E-state index in [1.807, 2.05) is 24.3 Å². The van der Waals surface area contributed by atoms with Crippen molar-refractivity contribution in [1.82, 2.24) is 5.32 Å². The zero-order valence-electron chi connectivity index (χ0n) is 15.2. The molecule has 1 aromatic rings. The summed E-state index contributed by atoms with van der Waals surface area (Å²) < 4.78 is 0. The van der Waals surface area contributed by atoms with Crippen LogP contribution >= 0.6 is 0 Å². The lowest BCUT2D eigenvalue weighted by Gasteiger charge is -2.22. The van der Waals surface area contributed by atoms with Crippen molar-refractivity contribution in [2.75, 3.05) is 5.32 Å². The number of hydrogen-bond acceptors (Lipinski definition) is 3. The summed E-state index contributed by atoms with van der Waals surface area (Å²) in [5, 5.41) is 15.7. The van der Waals surface area contributed by atoms with Crippen LogP contribution in [0.15, 0.2) is 48.3 Å². The van der Waals surface area contributed by atoms with Crippen molar-refractivity contribution in [2.45, 2.75) is 56.9 Å². The third-order valence-corrected chi connectivity index (χ3v) is 5.40. The first-order valence-electron chi connectivity index (χ1n) is 9.23. The number of aliphatic hydroxyl groups excluding tert-OH is 1. The minimum atomic E-state index is -0.976. The van der Waals surface area contributed by atoms with E-state index in [-0.39, 0.29) is 11.3 Å². The van der Waals surface area contributed by atoms with E-state index in [9.17, 15) is 14.7 Å². The van der Waals surface area contributed by atoms with Crippen molar-refractivity contribution in [1.29, 1.82) is 0 Å². The quantitative estimate of drug-likeness (QED) is 0.553. The van der Waals surface area contributed by atoms with Crippen molar-refractivity contribution in [3.63, 3.8) is 0 Å². The summed E-state index contributed by atoms with van der Waals surface area (Å²) in [7, 11) is 0. The van der Waals surface area contributed by atoms with Crippen LogP contribution in [0, 0.1) is 0 Å². The standard InChI is InChI=1S/C21H26N2O3/c1-3-13-21(2)18(24)17(20(26)23-21)19(25)22-16-11-9-15(10-12-16)14-7-5-4-6-8-14/h3,9-12,14,24H,1,4-8,13H2,2H3,(H,22,25)(H,23,26)/t21-/m1/s1. The molecule has 0 bridgehead atoms. The second-order valence-electron chi connectivity index (χ2n) is 7.41. The normalized spacial score (nSPS) is 23.7. The lowest BCUT2D eigenvalue weighted by molar-refractivity contribution is -0.121. The van der Waals surface area contributed by atoms with E-state index in [1.54, 1.807) is 13.0 Å². The fourth-order valence-electron chi connectivity index (χ4n) is 3.87. The Hall–Kier alpha value is -2.56. The summed E-state index contributed by atoms with van der Waals surface area (Å²) in [5.41, 5.74) is 0.698. The SMILES string of the molecule is C=CC[C@@]1(C)NC(=O)C(C(=O)Nc2ccc(C3CCCCC3)cc2)=C1O. The van der Waals surface area contributed by atoms with Gasteiger partial charge in [0.25, 0.3) is 11.8 Å². The maximum atomic E-state index is 12.5. The molecule has 1 heterocycles. The molecule has 3 N–H and O–H groups in total. The molecule has 1 aliphatic carbocycles. The maximum Gasteiger partial charge on any atom is 0.264 e. The van der Waals surface area contributed by atoms with Crippen LogP contribution in [0.2, 0.25) is 0 Å². The first-order valence-corrected chi connectivity index (χ1v) is 9.23. The molecule has 1 aliphatic heterocycles. The average molecular weight is 354 g/mol. The second kappa shape index (κ2) is 7.36. The molecule has 5 nitrogen and oxygen atoms in total. The van der Waals surface area contributed by atoms with Crippen molar-refractivity contribution in [3.05, 3.63) is 53.8 Å². The molecule has 1 aromatic carbocycles. The number of carbonyl (C=O) groups excluding carboxylic acids is 2. The van der Waals surface area contributed by atoms with Gasteiger partial charge in [0.2, 0.25) is 0 Å². The minimum Gasteiger partial charge on any atom is -0.509 e. The predicted molar refractivity (Wildman–Crippen MR) is 102 cm³/mol. The van der Waals surface area contributed by atoms with E-state index < -0.39 is 17.4 Å². The number of nitrogens with one attached hydrogen (secondary N) is 2. The highest BCUT2D eigenvalue weighted by Crippen LogP contribution is 2.33. The molecule has 0 saturated heterocycles. The van der Waals surface area contributed by atoms with E-state index in [1.165, 1.54) is 37.7 Å². The van der Waals surface area contributed by atoms with Gasteiger partial charge in [0.15, 0.2) is 0 Å². The lowest BCUT2D eigenvalue weighted by atomic mass is 9.84. The van der Waals surface area contributed by atoms with Gasteiger partial charge in [0.1, 0.15) is 11.3 Å². The highest BCUT2D eigenvalue weighted by molar-refractivity contribution is 6.24. The van der Waals surface area contributed by atoms with E-state index in [0.29, 0.717) is 18.0 Å². The fourth-order valence-corrected chi connectivity index (χ4v) is 3.87.